The van der Waals surface area contributed by atoms with Gasteiger partial charge in [0.15, 0.2) is 0 Å². The highest BCUT2D eigenvalue weighted by Crippen LogP contribution is 2.59. The normalized spacial score (nSPS) is 23.8. The molecule has 3 aliphatic heterocycles. The molecule has 12 heteroatoms. The first-order valence-corrected chi connectivity index (χ1v) is 19.1. The Labute approximate surface area is 328 Å². The summed E-state index contributed by atoms with van der Waals surface area (Å²) in [4.78, 5) is 60.9. The maximum Gasteiger partial charge on any atom is 0.313 e. The van der Waals surface area contributed by atoms with Crippen LogP contribution in [0.4, 0.5) is 5.69 Å². The summed E-state index contributed by atoms with van der Waals surface area (Å²) in [6.45, 7) is 7.33. The van der Waals surface area contributed by atoms with Gasteiger partial charge < -0.3 is 39.2 Å². The molecular formula is C44H51N3O9. The van der Waals surface area contributed by atoms with Crippen molar-refractivity contribution in [3.63, 3.8) is 0 Å². The second kappa shape index (κ2) is 18.1. The summed E-state index contributed by atoms with van der Waals surface area (Å²) in [7, 11) is 3.05. The molecule has 12 nitrogen and oxygen atoms in total. The Morgan fingerprint density at radius 1 is 1.02 bits per heavy atom. The fourth-order valence-corrected chi connectivity index (χ4v) is 8.66. The number of likely N-dealkylation sites (tertiary alicyclic amines) is 1. The Morgan fingerprint density at radius 3 is 2.34 bits per heavy atom. The Morgan fingerprint density at radius 2 is 1.71 bits per heavy atom. The SMILES string of the molecule is C=CCCC(=O)N[C@H](COC)[C@H](OC(=O)[C@@H]1[C@@H]2CC[C@]3(O2)[C@H](C(=O)N(CC=C)c2ccc(OC)cc2)N([C@@H](CO)Cc2ccccc2)C(=O)[C@@H]13)c1ccccc1. The standard InChI is InChI=1S/C44H51N3O9/c1-5-7-18-36(49)45-34(28-53-3)39(30-16-12-9-13-17-30)55-43(52)37-35-23-24-44(56-35)38(37)41(50)47(32(27-48)26-29-14-10-8-11-15-29)40(44)42(51)46(25-6-2)31-19-21-33(54-4)22-20-31/h5-6,8-17,19-22,32,34-35,37-40,48H,1-2,7,18,23-28H2,3-4H3,(H,45,49)/t32-,34-,35+,37-,38-,39-,40+,44-/m1/s1. The third-order valence-corrected chi connectivity index (χ3v) is 11.1. The molecule has 3 fully saturated rings. The lowest BCUT2D eigenvalue weighted by Gasteiger charge is -2.39. The summed E-state index contributed by atoms with van der Waals surface area (Å²) < 4.78 is 24.0. The zero-order valence-corrected chi connectivity index (χ0v) is 32.0. The number of amides is 3. The molecule has 0 radical (unpaired) electrons. The molecule has 3 heterocycles. The van der Waals surface area contributed by atoms with Crippen LogP contribution in [0.5, 0.6) is 5.75 Å². The molecule has 296 valence electrons. The molecule has 1 spiro atoms. The van der Waals surface area contributed by atoms with Crippen molar-refractivity contribution in [3.8, 4) is 5.75 Å². The van der Waals surface area contributed by atoms with Crippen LogP contribution in [0, 0.1) is 11.8 Å². The molecule has 0 saturated carbocycles. The second-order valence-corrected chi connectivity index (χ2v) is 14.5. The van der Waals surface area contributed by atoms with Crippen LogP contribution in [0.1, 0.15) is 42.9 Å². The average Bonchev–Trinajstić information content (AvgIpc) is 3.88. The van der Waals surface area contributed by atoms with E-state index >= 15 is 9.59 Å². The summed E-state index contributed by atoms with van der Waals surface area (Å²) in [5.74, 6) is -3.35. The number of carbonyl (C=O) groups excluding carboxylic acids is 4. The molecule has 56 heavy (non-hydrogen) atoms. The highest BCUT2D eigenvalue weighted by molar-refractivity contribution is 6.05. The average molecular weight is 766 g/mol. The highest BCUT2D eigenvalue weighted by Gasteiger charge is 2.76. The number of ether oxygens (including phenoxy) is 4. The monoisotopic (exact) mass is 765 g/mol. The van der Waals surface area contributed by atoms with E-state index in [1.165, 1.54) is 12.0 Å². The smallest absolute Gasteiger partial charge is 0.313 e. The molecule has 0 aliphatic carbocycles. The van der Waals surface area contributed by atoms with E-state index in [1.54, 1.807) is 60.6 Å². The fourth-order valence-electron chi connectivity index (χ4n) is 8.66. The Kier molecular flexibility index (Phi) is 13.0. The van der Waals surface area contributed by atoms with Gasteiger partial charge in [-0.3, -0.25) is 19.2 Å². The number of hydrogen-bond acceptors (Lipinski definition) is 9. The van der Waals surface area contributed by atoms with E-state index in [0.29, 0.717) is 36.3 Å². The lowest BCUT2D eigenvalue weighted by Crippen LogP contribution is -2.59. The van der Waals surface area contributed by atoms with Crippen molar-refractivity contribution in [2.75, 3.05) is 38.9 Å². The number of fused-ring (bicyclic) bond motifs is 1. The number of benzene rings is 3. The number of aliphatic hydroxyl groups excluding tert-OH is 1. The molecule has 3 saturated heterocycles. The Hall–Kier alpha value is -5.30. The van der Waals surface area contributed by atoms with Crippen LogP contribution < -0.4 is 15.0 Å². The van der Waals surface area contributed by atoms with Crippen molar-refractivity contribution in [2.45, 2.75) is 68.0 Å². The third kappa shape index (κ3) is 8.00. The summed E-state index contributed by atoms with van der Waals surface area (Å²) in [6.07, 6.45) is 3.24. The van der Waals surface area contributed by atoms with Gasteiger partial charge in [0.25, 0.3) is 5.91 Å². The van der Waals surface area contributed by atoms with E-state index in [4.69, 9.17) is 18.9 Å². The zero-order chi connectivity index (χ0) is 39.8. The van der Waals surface area contributed by atoms with Crippen molar-refractivity contribution >= 4 is 29.4 Å². The maximum absolute atomic E-state index is 15.1. The van der Waals surface area contributed by atoms with Crippen LogP contribution in [0.25, 0.3) is 0 Å². The van der Waals surface area contributed by atoms with Crippen LogP contribution >= 0.6 is 0 Å². The first-order valence-electron chi connectivity index (χ1n) is 19.1. The molecule has 8 atom stereocenters. The lowest BCUT2D eigenvalue weighted by molar-refractivity contribution is -0.163. The van der Waals surface area contributed by atoms with Crippen molar-refractivity contribution in [2.24, 2.45) is 11.8 Å². The van der Waals surface area contributed by atoms with Gasteiger partial charge in [-0.05, 0) is 61.1 Å². The van der Waals surface area contributed by atoms with Gasteiger partial charge in [-0.25, -0.2) is 0 Å². The summed E-state index contributed by atoms with van der Waals surface area (Å²) in [6, 6.07) is 22.7. The number of rotatable bonds is 19. The van der Waals surface area contributed by atoms with Gasteiger partial charge >= 0.3 is 5.97 Å². The zero-order valence-electron chi connectivity index (χ0n) is 32.0. The summed E-state index contributed by atoms with van der Waals surface area (Å²) in [5, 5.41) is 13.9. The summed E-state index contributed by atoms with van der Waals surface area (Å²) in [5.41, 5.74) is 0.663. The van der Waals surface area contributed by atoms with E-state index in [2.05, 4.69) is 18.5 Å². The van der Waals surface area contributed by atoms with E-state index < -0.39 is 72.2 Å². The van der Waals surface area contributed by atoms with Crippen LogP contribution in [0.15, 0.2) is 110 Å². The maximum atomic E-state index is 15.1. The molecule has 2 N–H and O–H groups in total. The van der Waals surface area contributed by atoms with Gasteiger partial charge in [0, 0.05) is 25.8 Å². The van der Waals surface area contributed by atoms with Gasteiger partial charge in [0.05, 0.1) is 50.3 Å². The second-order valence-electron chi connectivity index (χ2n) is 14.5. The predicted octanol–water partition coefficient (Wildman–Crippen LogP) is 4.57. The Bertz CT molecular complexity index is 1860. The van der Waals surface area contributed by atoms with Crippen molar-refractivity contribution < 1.29 is 43.2 Å². The molecule has 0 unspecified atom stereocenters. The van der Waals surface area contributed by atoms with Gasteiger partial charge in [-0.15, -0.1) is 13.2 Å². The lowest BCUT2D eigenvalue weighted by atomic mass is 9.70. The number of esters is 1. The molecule has 6 rings (SSSR count). The number of carbonyl (C=O) groups is 4. The number of nitrogens with one attached hydrogen (secondary N) is 1. The van der Waals surface area contributed by atoms with Crippen LogP contribution in [-0.2, 0) is 39.8 Å². The minimum absolute atomic E-state index is 0.0378. The molecule has 2 bridgehead atoms. The Balaban J connectivity index is 1.39. The van der Waals surface area contributed by atoms with Crippen molar-refractivity contribution in [1.29, 1.82) is 0 Å². The van der Waals surface area contributed by atoms with E-state index in [0.717, 1.165) is 5.56 Å². The molecule has 3 aromatic carbocycles. The minimum atomic E-state index is -1.38. The minimum Gasteiger partial charge on any atom is -0.497 e. The van der Waals surface area contributed by atoms with E-state index in [9.17, 15) is 14.7 Å². The topological polar surface area (TPSA) is 144 Å². The molecule has 3 aliphatic rings. The van der Waals surface area contributed by atoms with Crippen molar-refractivity contribution in [1.82, 2.24) is 10.2 Å². The number of hydrogen-bond donors (Lipinski definition) is 2. The number of nitrogens with zero attached hydrogens (tertiary/aromatic N) is 2. The van der Waals surface area contributed by atoms with Gasteiger partial charge in [0.2, 0.25) is 11.8 Å². The van der Waals surface area contributed by atoms with Crippen LogP contribution in [-0.4, -0.2) is 97.5 Å². The molecule has 3 aromatic rings. The quantitative estimate of drug-likeness (QED) is 0.133. The summed E-state index contributed by atoms with van der Waals surface area (Å²) >= 11 is 0. The third-order valence-electron chi connectivity index (χ3n) is 11.1. The number of methoxy groups -OCH3 is 2. The van der Waals surface area contributed by atoms with E-state index in [1.807, 2.05) is 48.5 Å². The molecular weight excluding hydrogens is 714 g/mol. The largest absolute Gasteiger partial charge is 0.497 e. The first kappa shape index (κ1) is 40.4. The van der Waals surface area contributed by atoms with Crippen molar-refractivity contribution in [3.05, 3.63) is 121 Å². The first-order chi connectivity index (χ1) is 27.2. The predicted molar refractivity (Wildman–Crippen MR) is 210 cm³/mol. The molecule has 3 amide bonds. The number of anilines is 1. The fraction of sp³-hybridized carbons (Fsp3) is 0.409. The number of aliphatic hydroxyl groups is 1. The van der Waals surface area contributed by atoms with Gasteiger partial charge in [0.1, 0.15) is 23.5 Å². The molecule has 0 aromatic heterocycles. The van der Waals surface area contributed by atoms with Gasteiger partial charge in [-0.2, -0.15) is 0 Å². The number of allylic oxidation sites excluding steroid dienone is 1. The van der Waals surface area contributed by atoms with Gasteiger partial charge in [-0.1, -0.05) is 72.8 Å². The van der Waals surface area contributed by atoms with E-state index in [-0.39, 0.29) is 31.9 Å². The van der Waals surface area contributed by atoms with Crippen LogP contribution in [0.3, 0.4) is 0 Å². The highest BCUT2D eigenvalue weighted by atomic mass is 16.6. The van der Waals surface area contributed by atoms with Crippen LogP contribution in [0.2, 0.25) is 0 Å².